The molecule has 0 saturated carbocycles. The molecule has 0 spiro atoms. The second-order valence-electron chi connectivity index (χ2n) is 7.95. The molecule has 0 aromatic heterocycles. The molecule has 166 valence electrons. The highest BCUT2D eigenvalue weighted by Crippen LogP contribution is 2.29. The summed E-state index contributed by atoms with van der Waals surface area (Å²) in [7, 11) is -4.26. The Morgan fingerprint density at radius 3 is 1.90 bits per heavy atom. The van der Waals surface area contributed by atoms with E-state index in [0.29, 0.717) is 11.5 Å². The van der Waals surface area contributed by atoms with Gasteiger partial charge < -0.3 is 4.74 Å². The van der Waals surface area contributed by atoms with Crippen LogP contribution in [0.5, 0.6) is 11.5 Å². The van der Waals surface area contributed by atoms with E-state index in [1.807, 2.05) is 30.3 Å². The van der Waals surface area contributed by atoms with Crippen molar-refractivity contribution < 1.29 is 17.7 Å². The van der Waals surface area contributed by atoms with Crippen LogP contribution in [0, 0.1) is 0 Å². The van der Waals surface area contributed by atoms with Gasteiger partial charge in [-0.05, 0) is 36.6 Å². The van der Waals surface area contributed by atoms with Crippen LogP contribution in [0.15, 0.2) is 53.4 Å². The molecule has 1 N–H and O–H groups in total. The van der Waals surface area contributed by atoms with Crippen LogP contribution < -0.4 is 4.74 Å². The Morgan fingerprint density at radius 2 is 1.33 bits per heavy atom. The second kappa shape index (κ2) is 13.5. The maximum atomic E-state index is 11.5. The van der Waals surface area contributed by atoms with Crippen molar-refractivity contribution in [3.8, 4) is 11.5 Å². The topological polar surface area (TPSA) is 63.6 Å². The van der Waals surface area contributed by atoms with Crippen LogP contribution in [-0.4, -0.2) is 13.0 Å². The van der Waals surface area contributed by atoms with Crippen LogP contribution in [-0.2, 0) is 16.5 Å². The van der Waals surface area contributed by atoms with Crippen LogP contribution in [0.4, 0.5) is 0 Å². The molecule has 2 rings (SSSR count). The quantitative estimate of drug-likeness (QED) is 0.233. The fourth-order valence-electron chi connectivity index (χ4n) is 3.59. The van der Waals surface area contributed by atoms with Crippen molar-refractivity contribution in [2.75, 3.05) is 0 Å². The number of unbranched alkanes of at least 4 members (excludes halogenated alkanes) is 10. The van der Waals surface area contributed by atoms with Gasteiger partial charge in [0.2, 0.25) is 0 Å². The third-order valence-electron chi connectivity index (χ3n) is 5.36. The summed E-state index contributed by atoms with van der Waals surface area (Å²) in [5.41, 5.74) is 0.960. The van der Waals surface area contributed by atoms with Gasteiger partial charge in [-0.2, -0.15) is 8.42 Å². The second-order valence-corrected chi connectivity index (χ2v) is 9.37. The number of benzene rings is 2. The molecule has 0 amide bonds. The van der Waals surface area contributed by atoms with Gasteiger partial charge in [-0.15, -0.1) is 0 Å². The third-order valence-corrected chi connectivity index (χ3v) is 6.21. The molecule has 0 bridgehead atoms. The first-order valence-corrected chi connectivity index (χ1v) is 12.8. The van der Waals surface area contributed by atoms with E-state index in [2.05, 4.69) is 6.92 Å². The molecular weight excluding hydrogens is 396 g/mol. The number of para-hydroxylation sites is 1. The summed E-state index contributed by atoms with van der Waals surface area (Å²) in [5, 5.41) is 0. The average Bonchev–Trinajstić information content (AvgIpc) is 2.73. The van der Waals surface area contributed by atoms with E-state index in [4.69, 9.17) is 4.74 Å². The summed E-state index contributed by atoms with van der Waals surface area (Å²) in [6.07, 6.45) is 15.0. The van der Waals surface area contributed by atoms with Crippen LogP contribution in [0.25, 0.3) is 0 Å². The first-order valence-electron chi connectivity index (χ1n) is 11.3. The normalized spacial score (nSPS) is 11.5. The zero-order chi connectivity index (χ0) is 21.7. The van der Waals surface area contributed by atoms with Crippen molar-refractivity contribution in [2.24, 2.45) is 0 Å². The SMILES string of the molecule is CCCCCCCCCCCCCc1ccc(S(=O)(=O)O)cc1Oc1ccccc1. The average molecular weight is 433 g/mol. The van der Waals surface area contributed by atoms with Crippen molar-refractivity contribution >= 4 is 10.1 Å². The Bertz CT molecular complexity index is 831. The molecule has 0 saturated heterocycles. The van der Waals surface area contributed by atoms with Gasteiger partial charge in [0, 0.05) is 6.07 Å². The molecule has 0 atom stereocenters. The summed E-state index contributed by atoms with van der Waals surface area (Å²) in [4.78, 5) is -0.142. The summed E-state index contributed by atoms with van der Waals surface area (Å²) in [6, 6.07) is 13.9. The fourth-order valence-corrected chi connectivity index (χ4v) is 4.09. The van der Waals surface area contributed by atoms with Crippen molar-refractivity contribution in [3.63, 3.8) is 0 Å². The van der Waals surface area contributed by atoms with Crippen molar-refractivity contribution in [2.45, 2.75) is 88.9 Å². The highest BCUT2D eigenvalue weighted by Gasteiger charge is 2.14. The first-order chi connectivity index (χ1) is 14.5. The molecule has 2 aromatic rings. The zero-order valence-electron chi connectivity index (χ0n) is 18.2. The molecule has 2 aromatic carbocycles. The van der Waals surface area contributed by atoms with E-state index in [1.165, 1.54) is 69.9 Å². The molecule has 0 aliphatic heterocycles. The van der Waals surface area contributed by atoms with E-state index in [0.717, 1.165) is 24.8 Å². The number of rotatable bonds is 15. The van der Waals surface area contributed by atoms with Crippen molar-refractivity contribution in [1.82, 2.24) is 0 Å². The maximum Gasteiger partial charge on any atom is 0.294 e. The molecule has 0 unspecified atom stereocenters. The number of aryl methyl sites for hydroxylation is 1. The lowest BCUT2D eigenvalue weighted by atomic mass is 10.0. The predicted octanol–water partition coefficient (Wildman–Crippen LogP) is 7.58. The zero-order valence-corrected chi connectivity index (χ0v) is 19.0. The van der Waals surface area contributed by atoms with E-state index in [9.17, 15) is 13.0 Å². The van der Waals surface area contributed by atoms with Gasteiger partial charge in [0.15, 0.2) is 0 Å². The molecule has 0 fully saturated rings. The minimum absolute atomic E-state index is 0.142. The Hall–Kier alpha value is -1.85. The van der Waals surface area contributed by atoms with Gasteiger partial charge >= 0.3 is 0 Å². The Balaban J connectivity index is 1.80. The van der Waals surface area contributed by atoms with Crippen LogP contribution in [0.3, 0.4) is 0 Å². The molecule has 0 aliphatic rings. The van der Waals surface area contributed by atoms with Gasteiger partial charge in [0.25, 0.3) is 10.1 Å². The number of ether oxygens (including phenoxy) is 1. The minimum Gasteiger partial charge on any atom is -0.457 e. The van der Waals surface area contributed by atoms with E-state index < -0.39 is 10.1 Å². The highest BCUT2D eigenvalue weighted by molar-refractivity contribution is 7.85. The van der Waals surface area contributed by atoms with Crippen LogP contribution in [0.2, 0.25) is 0 Å². The Labute approximate surface area is 182 Å². The summed E-state index contributed by atoms with van der Waals surface area (Å²) in [6.45, 7) is 2.25. The Kier molecular flexibility index (Phi) is 11.0. The number of hydrogen-bond acceptors (Lipinski definition) is 3. The van der Waals surface area contributed by atoms with Gasteiger partial charge in [0.05, 0.1) is 4.90 Å². The van der Waals surface area contributed by atoms with Crippen LogP contribution >= 0.6 is 0 Å². The van der Waals surface area contributed by atoms with Gasteiger partial charge in [0.1, 0.15) is 11.5 Å². The monoisotopic (exact) mass is 432 g/mol. The molecule has 0 heterocycles. The molecular formula is C25H36O4S. The van der Waals surface area contributed by atoms with E-state index in [1.54, 1.807) is 6.07 Å². The standard InChI is InChI=1S/C25H36O4S/c1-2-3-4-5-6-7-8-9-10-11-13-16-22-19-20-24(30(26,27)28)21-25(22)29-23-17-14-12-15-18-23/h12,14-15,17-21H,2-11,13,16H2,1H3,(H,26,27,28). The highest BCUT2D eigenvalue weighted by atomic mass is 32.2. The Morgan fingerprint density at radius 1 is 0.767 bits per heavy atom. The summed E-state index contributed by atoms with van der Waals surface area (Å²) < 4.78 is 38.3. The van der Waals surface area contributed by atoms with Gasteiger partial charge in [-0.1, -0.05) is 95.4 Å². The van der Waals surface area contributed by atoms with E-state index in [-0.39, 0.29) is 4.90 Å². The lowest BCUT2D eigenvalue weighted by Crippen LogP contribution is -2.00. The molecule has 5 heteroatoms. The lowest BCUT2D eigenvalue weighted by Gasteiger charge is -2.12. The third kappa shape index (κ3) is 9.31. The molecule has 0 radical (unpaired) electrons. The molecule has 30 heavy (non-hydrogen) atoms. The smallest absolute Gasteiger partial charge is 0.294 e. The lowest BCUT2D eigenvalue weighted by molar-refractivity contribution is 0.466. The predicted molar refractivity (Wildman–Crippen MR) is 123 cm³/mol. The van der Waals surface area contributed by atoms with E-state index >= 15 is 0 Å². The van der Waals surface area contributed by atoms with Crippen molar-refractivity contribution in [1.29, 1.82) is 0 Å². The van der Waals surface area contributed by atoms with Crippen LogP contribution in [0.1, 0.15) is 83.1 Å². The summed E-state index contributed by atoms with van der Waals surface area (Å²) >= 11 is 0. The fraction of sp³-hybridized carbons (Fsp3) is 0.520. The number of hydrogen-bond donors (Lipinski definition) is 1. The van der Waals surface area contributed by atoms with Gasteiger partial charge in [-0.25, -0.2) is 0 Å². The molecule has 4 nitrogen and oxygen atoms in total. The first kappa shape index (κ1) is 24.4. The maximum absolute atomic E-state index is 11.5. The minimum atomic E-state index is -4.26. The van der Waals surface area contributed by atoms with Gasteiger partial charge in [-0.3, -0.25) is 4.55 Å². The molecule has 0 aliphatic carbocycles. The van der Waals surface area contributed by atoms with Crippen molar-refractivity contribution in [3.05, 3.63) is 54.1 Å². The largest absolute Gasteiger partial charge is 0.457 e. The summed E-state index contributed by atoms with van der Waals surface area (Å²) in [5.74, 6) is 1.13.